The highest BCUT2D eigenvalue weighted by Gasteiger charge is 2.13. The van der Waals surface area contributed by atoms with Crippen molar-refractivity contribution in [3.63, 3.8) is 0 Å². The lowest BCUT2D eigenvalue weighted by Crippen LogP contribution is -2.27. The van der Waals surface area contributed by atoms with Gasteiger partial charge in [0.1, 0.15) is 6.10 Å². The molecule has 0 aromatic carbocycles. The van der Waals surface area contributed by atoms with Crippen molar-refractivity contribution in [1.82, 2.24) is 0 Å². The van der Waals surface area contributed by atoms with E-state index in [1.807, 2.05) is 0 Å². The Labute approximate surface area is 340 Å². The number of carbonyl (C=O) groups excluding carboxylic acids is 1. The van der Waals surface area contributed by atoms with Crippen LogP contribution in [0.1, 0.15) is 181 Å². The van der Waals surface area contributed by atoms with Gasteiger partial charge < -0.3 is 14.6 Å². The molecule has 4 heteroatoms. The topological polar surface area (TPSA) is 55.8 Å². The second-order valence-corrected chi connectivity index (χ2v) is 14.4. The lowest BCUT2D eigenvalue weighted by Gasteiger charge is -2.15. The minimum atomic E-state index is -0.572. The molecule has 55 heavy (non-hydrogen) atoms. The fourth-order valence-corrected chi connectivity index (χ4v) is 5.82. The van der Waals surface area contributed by atoms with Crippen LogP contribution in [0.5, 0.6) is 0 Å². The molecule has 0 aliphatic rings. The zero-order valence-electron chi connectivity index (χ0n) is 35.6. The van der Waals surface area contributed by atoms with Crippen LogP contribution in [0, 0.1) is 0 Å². The quantitative estimate of drug-likeness (QED) is 0.0384. The normalized spacial score (nSPS) is 13.4. The summed E-state index contributed by atoms with van der Waals surface area (Å²) in [6.07, 6.45) is 68.8. The van der Waals surface area contributed by atoms with E-state index in [9.17, 15) is 9.90 Å². The van der Waals surface area contributed by atoms with E-state index in [2.05, 4.69) is 123 Å². The maximum Gasteiger partial charge on any atom is 0.306 e. The molecule has 0 aliphatic carbocycles. The standard InChI is InChI=1S/C51H84O4/c1-3-5-7-9-11-13-15-17-19-21-22-23-24-25-26-27-28-29-31-33-35-37-39-41-43-45-47-54-49-50(48-52)55-51(53)46-44-42-40-38-36-34-32-30-20-18-16-14-12-10-8-6-4-2/h5-8,11-14,17-20,22-23,32,34,38,40,50,52H,3-4,9-10,15-16,21,24-31,33,35-37,39,41-49H2,1-2H3/b7-5-,8-6-,13-11-,14-12-,19-17-,20-18-,23-22-,34-32-,40-38-. The SMILES string of the molecule is CC/C=C\C/C=C\C/C=C\C/C=C\C/C=C\CCCC(=O)OC(CO)COCCCCCCCCCCCCCCC/C=C\C/C=C\C/C=C\C/C=C\CC. The zero-order chi connectivity index (χ0) is 39.8. The Morgan fingerprint density at radius 2 is 0.764 bits per heavy atom. The Morgan fingerprint density at radius 1 is 0.436 bits per heavy atom. The summed E-state index contributed by atoms with van der Waals surface area (Å²) < 4.78 is 11.1. The van der Waals surface area contributed by atoms with Crippen molar-refractivity contribution >= 4 is 5.97 Å². The monoisotopic (exact) mass is 761 g/mol. The van der Waals surface area contributed by atoms with Crippen LogP contribution in [0.15, 0.2) is 109 Å². The summed E-state index contributed by atoms with van der Waals surface area (Å²) in [7, 11) is 0. The first kappa shape index (κ1) is 52.1. The molecule has 0 radical (unpaired) electrons. The summed E-state index contributed by atoms with van der Waals surface area (Å²) in [6.45, 7) is 5.04. The van der Waals surface area contributed by atoms with Crippen LogP contribution in [0.4, 0.5) is 0 Å². The third kappa shape index (κ3) is 45.3. The molecule has 4 nitrogen and oxygen atoms in total. The third-order valence-corrected chi connectivity index (χ3v) is 9.09. The molecule has 0 heterocycles. The highest BCUT2D eigenvalue weighted by Crippen LogP contribution is 2.13. The van der Waals surface area contributed by atoms with Gasteiger partial charge in [0.2, 0.25) is 0 Å². The van der Waals surface area contributed by atoms with E-state index in [-0.39, 0.29) is 19.2 Å². The molecule has 1 atom stereocenters. The van der Waals surface area contributed by atoms with Crippen molar-refractivity contribution in [2.75, 3.05) is 19.8 Å². The number of unbranched alkanes of at least 4 members (excludes halogenated alkanes) is 14. The second kappa shape index (κ2) is 47.2. The maximum atomic E-state index is 12.2. The van der Waals surface area contributed by atoms with Crippen molar-refractivity contribution in [1.29, 1.82) is 0 Å². The van der Waals surface area contributed by atoms with Crippen molar-refractivity contribution in [2.45, 2.75) is 187 Å². The largest absolute Gasteiger partial charge is 0.457 e. The molecular weight excluding hydrogens is 677 g/mol. The summed E-state index contributed by atoms with van der Waals surface area (Å²) in [5.41, 5.74) is 0. The molecule has 0 rings (SSSR count). The zero-order valence-corrected chi connectivity index (χ0v) is 35.6. The van der Waals surface area contributed by atoms with Crippen LogP contribution in [-0.2, 0) is 14.3 Å². The number of ether oxygens (including phenoxy) is 2. The van der Waals surface area contributed by atoms with Gasteiger partial charge in [0.25, 0.3) is 0 Å². The molecule has 0 aromatic heterocycles. The average Bonchev–Trinajstić information content (AvgIpc) is 3.19. The van der Waals surface area contributed by atoms with Gasteiger partial charge in [0.05, 0.1) is 13.2 Å². The summed E-state index contributed by atoms with van der Waals surface area (Å²) >= 11 is 0. The van der Waals surface area contributed by atoms with Crippen molar-refractivity contribution < 1.29 is 19.4 Å². The molecule has 1 unspecified atom stereocenters. The van der Waals surface area contributed by atoms with Gasteiger partial charge in [-0.2, -0.15) is 0 Å². The summed E-state index contributed by atoms with van der Waals surface area (Å²) in [4.78, 5) is 12.2. The average molecular weight is 761 g/mol. The maximum absolute atomic E-state index is 12.2. The molecule has 0 aromatic rings. The Kier molecular flexibility index (Phi) is 44.7. The van der Waals surface area contributed by atoms with E-state index in [0.29, 0.717) is 13.0 Å². The van der Waals surface area contributed by atoms with Crippen LogP contribution >= 0.6 is 0 Å². The molecule has 0 spiro atoms. The van der Waals surface area contributed by atoms with Crippen LogP contribution in [-0.4, -0.2) is 37.0 Å². The molecule has 0 bridgehead atoms. The highest BCUT2D eigenvalue weighted by atomic mass is 16.6. The van der Waals surface area contributed by atoms with E-state index in [1.54, 1.807) is 0 Å². The fourth-order valence-electron chi connectivity index (χ4n) is 5.82. The van der Waals surface area contributed by atoms with Gasteiger partial charge >= 0.3 is 5.97 Å². The van der Waals surface area contributed by atoms with Gasteiger partial charge in [-0.3, -0.25) is 4.79 Å². The first-order valence-corrected chi connectivity index (χ1v) is 22.5. The van der Waals surface area contributed by atoms with Gasteiger partial charge in [-0.1, -0.05) is 194 Å². The van der Waals surface area contributed by atoms with E-state index in [1.165, 1.54) is 83.5 Å². The van der Waals surface area contributed by atoms with Crippen LogP contribution in [0.25, 0.3) is 0 Å². The highest BCUT2D eigenvalue weighted by molar-refractivity contribution is 5.69. The van der Waals surface area contributed by atoms with Crippen LogP contribution in [0.3, 0.4) is 0 Å². The Bertz CT molecular complexity index is 1070. The summed E-state index contributed by atoms with van der Waals surface area (Å²) in [5.74, 6) is -0.261. The first-order chi connectivity index (χ1) is 27.2. The van der Waals surface area contributed by atoms with Crippen molar-refractivity contribution in [2.24, 2.45) is 0 Å². The van der Waals surface area contributed by atoms with Crippen molar-refractivity contribution in [3.05, 3.63) is 109 Å². The number of hydrogen-bond acceptors (Lipinski definition) is 4. The smallest absolute Gasteiger partial charge is 0.306 e. The summed E-state index contributed by atoms with van der Waals surface area (Å²) in [6, 6.07) is 0. The number of aliphatic hydroxyl groups excluding tert-OH is 1. The molecule has 0 saturated carbocycles. The number of carbonyl (C=O) groups is 1. The third-order valence-electron chi connectivity index (χ3n) is 9.09. The predicted molar refractivity (Wildman–Crippen MR) is 241 cm³/mol. The van der Waals surface area contributed by atoms with Gasteiger partial charge in [-0.15, -0.1) is 0 Å². The molecule has 1 N–H and O–H groups in total. The molecule has 0 aliphatic heterocycles. The Hall–Kier alpha value is -2.95. The molecule has 0 fully saturated rings. The molecule has 312 valence electrons. The Balaban J connectivity index is 3.51. The molecule has 0 saturated heterocycles. The van der Waals surface area contributed by atoms with E-state index in [4.69, 9.17) is 9.47 Å². The number of esters is 1. The molecule has 0 amide bonds. The first-order valence-electron chi connectivity index (χ1n) is 22.5. The van der Waals surface area contributed by atoms with E-state index >= 15 is 0 Å². The Morgan fingerprint density at radius 3 is 1.15 bits per heavy atom. The lowest BCUT2D eigenvalue weighted by molar-refractivity contribution is -0.154. The fraction of sp³-hybridized carbons (Fsp3) is 0.627. The summed E-state index contributed by atoms with van der Waals surface area (Å²) in [5, 5.41) is 9.61. The van der Waals surface area contributed by atoms with E-state index in [0.717, 1.165) is 77.0 Å². The number of hydrogen-bond donors (Lipinski definition) is 1. The van der Waals surface area contributed by atoms with Gasteiger partial charge in [-0.05, 0) is 89.9 Å². The minimum Gasteiger partial charge on any atom is -0.457 e. The van der Waals surface area contributed by atoms with Gasteiger partial charge in [0, 0.05) is 13.0 Å². The number of rotatable bonds is 40. The van der Waals surface area contributed by atoms with Gasteiger partial charge in [-0.25, -0.2) is 0 Å². The van der Waals surface area contributed by atoms with Crippen LogP contribution in [0.2, 0.25) is 0 Å². The second-order valence-electron chi connectivity index (χ2n) is 14.4. The number of aliphatic hydroxyl groups is 1. The minimum absolute atomic E-state index is 0.201. The van der Waals surface area contributed by atoms with Crippen molar-refractivity contribution in [3.8, 4) is 0 Å². The van der Waals surface area contributed by atoms with Crippen LogP contribution < -0.4 is 0 Å². The molecular formula is C51H84O4. The van der Waals surface area contributed by atoms with Gasteiger partial charge in [0.15, 0.2) is 0 Å². The predicted octanol–water partition coefficient (Wildman–Crippen LogP) is 15.1. The van der Waals surface area contributed by atoms with E-state index < -0.39 is 6.10 Å². The lowest BCUT2D eigenvalue weighted by atomic mass is 10.0. The number of allylic oxidation sites excluding steroid dienone is 18.